The van der Waals surface area contributed by atoms with Gasteiger partial charge in [0.1, 0.15) is 0 Å². The first kappa shape index (κ1) is 19.1. The monoisotopic (exact) mass is 367 g/mol. The van der Waals surface area contributed by atoms with Crippen LogP contribution in [0, 0.1) is 0 Å². The van der Waals surface area contributed by atoms with Crippen LogP contribution in [0.1, 0.15) is 48.4 Å². The van der Waals surface area contributed by atoms with Crippen LogP contribution in [0.4, 0.5) is 5.69 Å². The predicted octanol–water partition coefficient (Wildman–Crippen LogP) is 2.94. The highest BCUT2D eigenvalue weighted by molar-refractivity contribution is 6.62. The number of hydrogen-bond donors (Lipinski definition) is 2. The van der Waals surface area contributed by atoms with Crippen molar-refractivity contribution in [2.45, 2.75) is 38.9 Å². The molecule has 1 aliphatic heterocycles. The summed E-state index contributed by atoms with van der Waals surface area (Å²) in [7, 11) is -0.544. The molecule has 2 N–H and O–H groups in total. The Bertz CT molecular complexity index is 860. The van der Waals surface area contributed by atoms with Crippen LogP contribution in [0.5, 0.6) is 0 Å². The second-order valence-corrected chi connectivity index (χ2v) is 7.55. The van der Waals surface area contributed by atoms with Crippen molar-refractivity contribution < 1.29 is 24.0 Å². The molecule has 0 aliphatic carbocycles. The summed E-state index contributed by atoms with van der Waals surface area (Å²) in [6.45, 7) is 7.91. The van der Waals surface area contributed by atoms with Crippen LogP contribution in [0.25, 0.3) is 0 Å². The minimum absolute atomic E-state index is 0.163. The van der Waals surface area contributed by atoms with E-state index in [0.717, 1.165) is 5.46 Å². The molecule has 7 heteroatoms. The van der Waals surface area contributed by atoms with Crippen molar-refractivity contribution in [3.8, 4) is 0 Å². The Balaban J connectivity index is 1.75. The summed E-state index contributed by atoms with van der Waals surface area (Å²) in [6.07, 6.45) is 0. The van der Waals surface area contributed by atoms with Crippen molar-refractivity contribution in [2.24, 2.45) is 0 Å². The number of amides is 1. The summed E-state index contributed by atoms with van der Waals surface area (Å²) in [4.78, 5) is 23.4. The summed E-state index contributed by atoms with van der Waals surface area (Å²) in [5.74, 6) is -1.31. The van der Waals surface area contributed by atoms with Crippen molar-refractivity contribution in [3.05, 3.63) is 59.7 Å². The third-order valence-corrected chi connectivity index (χ3v) is 5.06. The molecule has 2 aromatic rings. The Morgan fingerprint density at radius 1 is 0.926 bits per heavy atom. The van der Waals surface area contributed by atoms with Crippen LogP contribution in [-0.2, 0) is 9.31 Å². The van der Waals surface area contributed by atoms with Gasteiger partial charge in [-0.2, -0.15) is 0 Å². The van der Waals surface area contributed by atoms with E-state index in [1.807, 2.05) is 33.8 Å². The van der Waals surface area contributed by atoms with Gasteiger partial charge in [-0.3, -0.25) is 4.79 Å². The zero-order valence-electron chi connectivity index (χ0n) is 15.8. The fourth-order valence-electron chi connectivity index (χ4n) is 2.71. The molecule has 2 aromatic carbocycles. The number of carbonyl (C=O) groups excluding carboxylic acids is 1. The van der Waals surface area contributed by atoms with Gasteiger partial charge in [0.25, 0.3) is 5.91 Å². The van der Waals surface area contributed by atoms with Crippen molar-refractivity contribution in [3.63, 3.8) is 0 Å². The molecule has 0 saturated carbocycles. The SMILES string of the molecule is CC1(C)OB(c2cccc(C(=O)Nc3ccc(C(=O)O)cc3)c2)OC1(C)C. The lowest BCUT2D eigenvalue weighted by Crippen LogP contribution is -2.41. The molecule has 0 unspecified atom stereocenters. The third kappa shape index (κ3) is 3.89. The second-order valence-electron chi connectivity index (χ2n) is 7.55. The minimum Gasteiger partial charge on any atom is -0.478 e. The summed E-state index contributed by atoms with van der Waals surface area (Å²) >= 11 is 0. The van der Waals surface area contributed by atoms with Crippen LogP contribution in [0.2, 0.25) is 0 Å². The lowest BCUT2D eigenvalue weighted by atomic mass is 9.78. The molecular weight excluding hydrogens is 345 g/mol. The summed E-state index contributed by atoms with van der Waals surface area (Å²) in [6, 6.07) is 13.1. The van der Waals surface area contributed by atoms with E-state index in [-0.39, 0.29) is 11.5 Å². The van der Waals surface area contributed by atoms with Crippen molar-refractivity contribution in [1.82, 2.24) is 0 Å². The number of rotatable bonds is 4. The minimum atomic E-state index is -1.01. The topological polar surface area (TPSA) is 84.9 Å². The van der Waals surface area contributed by atoms with Crippen molar-refractivity contribution >= 4 is 30.1 Å². The zero-order chi connectivity index (χ0) is 19.8. The molecular formula is C20H22BNO5. The van der Waals surface area contributed by atoms with Gasteiger partial charge < -0.3 is 19.7 Å². The molecule has 1 saturated heterocycles. The summed E-state index contributed by atoms with van der Waals surface area (Å²) in [5, 5.41) is 11.7. The van der Waals surface area contributed by atoms with Crippen LogP contribution in [0.3, 0.4) is 0 Å². The highest BCUT2D eigenvalue weighted by Gasteiger charge is 2.51. The number of anilines is 1. The number of carbonyl (C=O) groups is 2. The average molecular weight is 367 g/mol. The molecule has 3 rings (SSSR count). The lowest BCUT2D eigenvalue weighted by molar-refractivity contribution is 0.00578. The van der Waals surface area contributed by atoms with E-state index in [2.05, 4.69) is 5.32 Å². The van der Waals surface area contributed by atoms with Gasteiger partial charge in [0.05, 0.1) is 16.8 Å². The van der Waals surface area contributed by atoms with Crippen LogP contribution in [-0.4, -0.2) is 35.3 Å². The largest absolute Gasteiger partial charge is 0.494 e. The summed E-state index contributed by atoms with van der Waals surface area (Å²) < 4.78 is 12.1. The predicted molar refractivity (Wildman–Crippen MR) is 104 cm³/mol. The molecule has 0 spiro atoms. The standard InChI is InChI=1S/C20H22BNO5/c1-19(2)20(3,4)27-21(26-19)15-7-5-6-14(12-15)17(23)22-16-10-8-13(9-11-16)18(24)25/h5-12H,1-4H3,(H,22,23)(H,24,25). The van der Waals surface area contributed by atoms with E-state index in [9.17, 15) is 9.59 Å². The van der Waals surface area contributed by atoms with Gasteiger partial charge in [0.15, 0.2) is 0 Å². The van der Waals surface area contributed by atoms with Gasteiger partial charge >= 0.3 is 13.1 Å². The number of carboxylic acid groups (broad SMARTS) is 1. The average Bonchev–Trinajstić information content (AvgIpc) is 2.83. The quantitative estimate of drug-likeness (QED) is 0.812. The number of carboxylic acids is 1. The lowest BCUT2D eigenvalue weighted by Gasteiger charge is -2.32. The smallest absolute Gasteiger partial charge is 0.478 e. The molecule has 1 aliphatic rings. The van der Waals surface area contributed by atoms with E-state index >= 15 is 0 Å². The maximum absolute atomic E-state index is 12.5. The van der Waals surface area contributed by atoms with E-state index < -0.39 is 24.3 Å². The molecule has 0 radical (unpaired) electrons. The molecule has 0 atom stereocenters. The van der Waals surface area contributed by atoms with Gasteiger partial charge in [0, 0.05) is 11.3 Å². The van der Waals surface area contributed by atoms with Gasteiger partial charge in [-0.1, -0.05) is 12.1 Å². The van der Waals surface area contributed by atoms with Crippen LogP contribution < -0.4 is 10.8 Å². The highest BCUT2D eigenvalue weighted by atomic mass is 16.7. The molecule has 0 aromatic heterocycles. The highest BCUT2D eigenvalue weighted by Crippen LogP contribution is 2.36. The second kappa shape index (κ2) is 6.83. The Morgan fingerprint density at radius 3 is 2.07 bits per heavy atom. The first-order chi connectivity index (χ1) is 12.6. The number of nitrogens with one attached hydrogen (secondary N) is 1. The maximum atomic E-state index is 12.5. The Kier molecular flexibility index (Phi) is 4.84. The number of aromatic carboxylic acids is 1. The van der Waals surface area contributed by atoms with Crippen molar-refractivity contribution in [2.75, 3.05) is 5.32 Å². The normalized spacial score (nSPS) is 17.6. The maximum Gasteiger partial charge on any atom is 0.494 e. The van der Waals surface area contributed by atoms with Crippen molar-refractivity contribution in [1.29, 1.82) is 0 Å². The third-order valence-electron chi connectivity index (χ3n) is 5.06. The first-order valence-corrected chi connectivity index (χ1v) is 8.69. The van der Waals surface area contributed by atoms with E-state index in [0.29, 0.717) is 11.3 Å². The molecule has 1 fully saturated rings. The molecule has 1 heterocycles. The molecule has 1 amide bonds. The molecule has 6 nitrogen and oxygen atoms in total. The van der Waals surface area contributed by atoms with Crippen LogP contribution >= 0.6 is 0 Å². The molecule has 140 valence electrons. The van der Waals surface area contributed by atoms with Gasteiger partial charge in [-0.05, 0) is 69.6 Å². The number of hydrogen-bond acceptors (Lipinski definition) is 4. The Morgan fingerprint density at radius 2 is 1.52 bits per heavy atom. The zero-order valence-corrected chi connectivity index (χ0v) is 15.8. The van der Waals surface area contributed by atoms with E-state index in [1.165, 1.54) is 12.1 Å². The summed E-state index contributed by atoms with van der Waals surface area (Å²) in [5.41, 5.74) is 0.998. The Hall–Kier alpha value is -2.64. The van der Waals surface area contributed by atoms with E-state index in [1.54, 1.807) is 30.3 Å². The fourth-order valence-corrected chi connectivity index (χ4v) is 2.71. The van der Waals surface area contributed by atoms with Gasteiger partial charge in [-0.25, -0.2) is 4.79 Å². The first-order valence-electron chi connectivity index (χ1n) is 8.69. The van der Waals surface area contributed by atoms with Crippen LogP contribution in [0.15, 0.2) is 48.5 Å². The molecule has 0 bridgehead atoms. The van der Waals surface area contributed by atoms with E-state index in [4.69, 9.17) is 14.4 Å². The fraction of sp³-hybridized carbons (Fsp3) is 0.300. The van der Waals surface area contributed by atoms with Gasteiger partial charge in [-0.15, -0.1) is 0 Å². The Labute approximate surface area is 158 Å². The van der Waals surface area contributed by atoms with Gasteiger partial charge in [0.2, 0.25) is 0 Å². The molecule has 27 heavy (non-hydrogen) atoms. The number of benzene rings is 2.